The number of hydrogen-bond acceptors (Lipinski definition) is 4. The second-order valence-corrected chi connectivity index (χ2v) is 4.30. The van der Waals surface area contributed by atoms with Crippen LogP contribution in [0.2, 0.25) is 5.15 Å². The highest BCUT2D eigenvalue weighted by atomic mass is 35.5. The lowest BCUT2D eigenvalue weighted by molar-refractivity contribution is 0.0697. The van der Waals surface area contributed by atoms with Gasteiger partial charge in [-0.25, -0.2) is 14.8 Å². The second-order valence-electron chi connectivity index (χ2n) is 3.91. The Morgan fingerprint density at radius 2 is 1.90 bits per heavy atom. The number of aromatic carboxylic acids is 1. The average Bonchev–Trinajstić information content (AvgIpc) is 2.46. The first-order valence-electron chi connectivity index (χ1n) is 5.58. The van der Waals surface area contributed by atoms with Gasteiger partial charge in [-0.3, -0.25) is 4.79 Å². The molecule has 0 saturated carbocycles. The highest BCUT2D eigenvalue weighted by Gasteiger charge is 2.20. The van der Waals surface area contributed by atoms with Crippen LogP contribution >= 0.6 is 11.6 Å². The van der Waals surface area contributed by atoms with Crippen molar-refractivity contribution in [2.75, 3.05) is 11.9 Å². The Bertz CT molecular complexity index is 658. The first-order valence-corrected chi connectivity index (χ1v) is 5.96. The van der Waals surface area contributed by atoms with E-state index in [1.807, 2.05) is 0 Å². The Kier molecular flexibility index (Phi) is 3.95. The number of benzene rings is 1. The van der Waals surface area contributed by atoms with Crippen LogP contribution in [0.1, 0.15) is 20.8 Å². The average molecular weight is 292 g/mol. The fourth-order valence-electron chi connectivity index (χ4n) is 1.65. The summed E-state index contributed by atoms with van der Waals surface area (Å²) in [6.45, 7) is 0. The minimum absolute atomic E-state index is 0.0327. The molecule has 102 valence electrons. The van der Waals surface area contributed by atoms with E-state index < -0.39 is 11.9 Å². The third-order valence-corrected chi connectivity index (χ3v) is 2.84. The summed E-state index contributed by atoms with van der Waals surface area (Å²) >= 11 is 5.60. The molecule has 0 spiro atoms. The summed E-state index contributed by atoms with van der Waals surface area (Å²) in [5.41, 5.74) is 0.393. The molecule has 20 heavy (non-hydrogen) atoms. The van der Waals surface area contributed by atoms with E-state index in [1.165, 1.54) is 30.4 Å². The van der Waals surface area contributed by atoms with Gasteiger partial charge < -0.3 is 10.0 Å². The predicted octanol–water partition coefficient (Wildman–Crippen LogP) is 2.10. The number of aromatic nitrogens is 2. The largest absolute Gasteiger partial charge is 0.478 e. The number of carbonyl (C=O) groups is 2. The fourth-order valence-corrected chi connectivity index (χ4v) is 1.75. The van der Waals surface area contributed by atoms with Crippen LogP contribution in [0.25, 0.3) is 0 Å². The van der Waals surface area contributed by atoms with Crippen molar-refractivity contribution < 1.29 is 14.7 Å². The van der Waals surface area contributed by atoms with Crippen molar-refractivity contribution in [3.8, 4) is 0 Å². The van der Waals surface area contributed by atoms with Crippen LogP contribution in [0.4, 0.5) is 5.69 Å². The molecule has 6 nitrogen and oxygen atoms in total. The number of carbonyl (C=O) groups excluding carboxylic acids is 1. The number of rotatable bonds is 3. The minimum Gasteiger partial charge on any atom is -0.478 e. The first-order chi connectivity index (χ1) is 9.50. The van der Waals surface area contributed by atoms with Crippen LogP contribution in [0.15, 0.2) is 36.7 Å². The summed E-state index contributed by atoms with van der Waals surface area (Å²) < 4.78 is 0. The van der Waals surface area contributed by atoms with E-state index in [2.05, 4.69) is 9.97 Å². The van der Waals surface area contributed by atoms with Crippen molar-refractivity contribution in [2.45, 2.75) is 0 Å². The van der Waals surface area contributed by atoms with E-state index in [4.69, 9.17) is 16.7 Å². The Morgan fingerprint density at radius 1 is 1.20 bits per heavy atom. The molecule has 1 N–H and O–H groups in total. The van der Waals surface area contributed by atoms with Crippen molar-refractivity contribution in [3.63, 3.8) is 0 Å². The Labute approximate surface area is 119 Å². The summed E-state index contributed by atoms with van der Waals surface area (Å²) in [5.74, 6) is -1.58. The molecule has 0 aliphatic rings. The maximum atomic E-state index is 12.2. The highest BCUT2D eigenvalue weighted by Crippen LogP contribution is 2.20. The van der Waals surface area contributed by atoms with Gasteiger partial charge >= 0.3 is 5.97 Å². The number of nitrogens with zero attached hydrogens (tertiary/aromatic N) is 3. The van der Waals surface area contributed by atoms with Crippen LogP contribution < -0.4 is 4.90 Å². The maximum Gasteiger partial charge on any atom is 0.337 e. The monoisotopic (exact) mass is 291 g/mol. The molecular formula is C13H10ClN3O3. The minimum atomic E-state index is -1.11. The smallest absolute Gasteiger partial charge is 0.337 e. The first kappa shape index (κ1) is 14.0. The standard InChI is InChI=1S/C13H10ClN3O3/c1-17(10-5-3-2-4-8(10)13(19)20)12(18)9-6-16-11(14)7-15-9/h2-7H,1H3,(H,19,20). The van der Waals surface area contributed by atoms with Crippen LogP contribution in [0, 0.1) is 0 Å². The fraction of sp³-hybridized carbons (Fsp3) is 0.0769. The van der Waals surface area contributed by atoms with E-state index in [-0.39, 0.29) is 22.1 Å². The molecule has 0 aliphatic carbocycles. The van der Waals surface area contributed by atoms with Gasteiger partial charge in [0.2, 0.25) is 0 Å². The molecule has 0 fully saturated rings. The zero-order chi connectivity index (χ0) is 14.7. The summed E-state index contributed by atoms with van der Waals surface area (Å²) in [4.78, 5) is 32.2. The van der Waals surface area contributed by atoms with Crippen molar-refractivity contribution in [1.29, 1.82) is 0 Å². The molecule has 0 radical (unpaired) electrons. The second kappa shape index (κ2) is 5.66. The van der Waals surface area contributed by atoms with E-state index in [0.717, 1.165) is 0 Å². The van der Waals surface area contributed by atoms with E-state index in [1.54, 1.807) is 18.2 Å². The molecule has 0 unspecified atom stereocenters. The van der Waals surface area contributed by atoms with Crippen LogP contribution in [-0.4, -0.2) is 34.0 Å². The van der Waals surface area contributed by atoms with Gasteiger partial charge in [0.15, 0.2) is 0 Å². The van der Waals surface area contributed by atoms with Gasteiger partial charge in [0.25, 0.3) is 5.91 Å². The van der Waals surface area contributed by atoms with Crippen LogP contribution in [-0.2, 0) is 0 Å². The van der Waals surface area contributed by atoms with Gasteiger partial charge in [-0.1, -0.05) is 23.7 Å². The summed E-state index contributed by atoms with van der Waals surface area (Å²) in [6.07, 6.45) is 2.50. The third-order valence-electron chi connectivity index (χ3n) is 2.64. The van der Waals surface area contributed by atoms with Crippen molar-refractivity contribution >= 4 is 29.2 Å². The number of carboxylic acid groups (broad SMARTS) is 1. The predicted molar refractivity (Wildman–Crippen MR) is 73.2 cm³/mol. The molecule has 0 bridgehead atoms. The number of amides is 1. The lowest BCUT2D eigenvalue weighted by Crippen LogP contribution is -2.28. The van der Waals surface area contributed by atoms with Crippen molar-refractivity contribution in [2.24, 2.45) is 0 Å². The van der Waals surface area contributed by atoms with Gasteiger partial charge in [-0.05, 0) is 12.1 Å². The zero-order valence-corrected chi connectivity index (χ0v) is 11.2. The molecule has 1 aromatic heterocycles. The summed E-state index contributed by atoms with van der Waals surface area (Å²) in [5, 5.41) is 9.30. The van der Waals surface area contributed by atoms with Crippen molar-refractivity contribution in [1.82, 2.24) is 9.97 Å². The number of halogens is 1. The number of para-hydroxylation sites is 1. The number of carboxylic acids is 1. The quantitative estimate of drug-likeness (QED) is 0.936. The summed E-state index contributed by atoms with van der Waals surface area (Å²) in [7, 11) is 1.47. The Morgan fingerprint density at radius 3 is 2.50 bits per heavy atom. The zero-order valence-electron chi connectivity index (χ0n) is 10.4. The van der Waals surface area contributed by atoms with Gasteiger partial charge in [-0.15, -0.1) is 0 Å². The third kappa shape index (κ3) is 2.75. The normalized spacial score (nSPS) is 10.1. The Balaban J connectivity index is 2.36. The summed E-state index contributed by atoms with van der Waals surface area (Å²) in [6, 6.07) is 6.21. The molecular weight excluding hydrogens is 282 g/mol. The van der Waals surface area contributed by atoms with Gasteiger partial charge in [-0.2, -0.15) is 0 Å². The molecule has 0 saturated heterocycles. The van der Waals surface area contributed by atoms with E-state index >= 15 is 0 Å². The van der Waals surface area contributed by atoms with E-state index in [0.29, 0.717) is 0 Å². The molecule has 1 amide bonds. The molecule has 0 aliphatic heterocycles. The molecule has 1 aromatic carbocycles. The highest BCUT2D eigenvalue weighted by molar-refractivity contribution is 6.29. The molecule has 1 heterocycles. The lowest BCUT2D eigenvalue weighted by atomic mass is 10.1. The lowest BCUT2D eigenvalue weighted by Gasteiger charge is -2.18. The molecule has 7 heteroatoms. The molecule has 0 atom stereocenters. The maximum absolute atomic E-state index is 12.2. The number of hydrogen-bond donors (Lipinski definition) is 1. The van der Waals surface area contributed by atoms with Gasteiger partial charge in [0.05, 0.1) is 23.6 Å². The number of anilines is 1. The van der Waals surface area contributed by atoms with Gasteiger partial charge in [0, 0.05) is 7.05 Å². The van der Waals surface area contributed by atoms with E-state index in [9.17, 15) is 9.59 Å². The molecule has 2 rings (SSSR count). The van der Waals surface area contributed by atoms with Gasteiger partial charge in [0.1, 0.15) is 10.8 Å². The van der Waals surface area contributed by atoms with Crippen LogP contribution in [0.3, 0.4) is 0 Å². The topological polar surface area (TPSA) is 83.4 Å². The molecule has 2 aromatic rings. The SMILES string of the molecule is CN(C(=O)c1cnc(Cl)cn1)c1ccccc1C(=O)O. The van der Waals surface area contributed by atoms with Crippen molar-refractivity contribution in [3.05, 3.63) is 53.1 Å². The Hall–Kier alpha value is -2.47. The van der Waals surface area contributed by atoms with Crippen LogP contribution in [0.5, 0.6) is 0 Å².